The third-order valence-corrected chi connectivity index (χ3v) is 6.70. The van der Waals surface area contributed by atoms with Crippen LogP contribution in [-0.4, -0.2) is 0 Å². The molecule has 0 saturated carbocycles. The van der Waals surface area contributed by atoms with E-state index < -0.39 is 0 Å². The zero-order valence-electron chi connectivity index (χ0n) is 17.7. The predicted octanol–water partition coefficient (Wildman–Crippen LogP) is 8.58. The number of furan rings is 1. The van der Waals surface area contributed by atoms with Gasteiger partial charge in [0.05, 0.1) is 5.56 Å². The van der Waals surface area contributed by atoms with Crippen molar-refractivity contribution in [2.75, 3.05) is 0 Å². The lowest BCUT2D eigenvalue weighted by molar-refractivity contribution is 0.669. The minimum Gasteiger partial charge on any atom is -0.454 e. The normalized spacial score (nSPS) is 11.6. The van der Waals surface area contributed by atoms with Gasteiger partial charge in [0.2, 0.25) is 0 Å². The number of nitriles is 1. The molecule has 7 aromatic rings. The van der Waals surface area contributed by atoms with Gasteiger partial charge in [-0.25, -0.2) is 0 Å². The summed E-state index contributed by atoms with van der Waals surface area (Å²) in [4.78, 5) is 0. The number of hydrogen-bond acceptors (Lipinski definition) is 2. The van der Waals surface area contributed by atoms with Gasteiger partial charge < -0.3 is 4.42 Å². The second-order valence-electron chi connectivity index (χ2n) is 8.43. The quantitative estimate of drug-likeness (QED) is 0.250. The van der Waals surface area contributed by atoms with Gasteiger partial charge >= 0.3 is 0 Å². The summed E-state index contributed by atoms with van der Waals surface area (Å²) in [7, 11) is 0. The molecule has 6 aromatic carbocycles. The van der Waals surface area contributed by atoms with Crippen LogP contribution in [0, 0.1) is 11.3 Å². The molecule has 0 atom stereocenters. The Morgan fingerprint density at radius 3 is 2.00 bits per heavy atom. The van der Waals surface area contributed by atoms with Crippen LogP contribution in [0.2, 0.25) is 0 Å². The molecule has 0 aliphatic carbocycles. The van der Waals surface area contributed by atoms with Gasteiger partial charge in [-0.2, -0.15) is 5.26 Å². The van der Waals surface area contributed by atoms with Crippen molar-refractivity contribution < 1.29 is 4.42 Å². The Hall–Kier alpha value is -4.61. The van der Waals surface area contributed by atoms with Gasteiger partial charge in [-0.05, 0) is 50.0 Å². The third-order valence-electron chi connectivity index (χ3n) is 6.70. The van der Waals surface area contributed by atoms with Crippen molar-refractivity contribution in [2.24, 2.45) is 0 Å². The molecule has 0 bridgehead atoms. The molecule has 1 aromatic heterocycles. The predicted molar refractivity (Wildman–Crippen MR) is 136 cm³/mol. The summed E-state index contributed by atoms with van der Waals surface area (Å²) >= 11 is 0. The monoisotopic (exact) mass is 419 g/mol. The fourth-order valence-corrected chi connectivity index (χ4v) is 5.20. The maximum Gasteiger partial charge on any atom is 0.153 e. The SMILES string of the molecule is N#Cc1cccc2c1oc1c(-c3cc4c5ccccc5ccc4c4ccccc34)cccc12. The van der Waals surface area contributed by atoms with Gasteiger partial charge in [-0.3, -0.25) is 0 Å². The molecule has 1 heterocycles. The van der Waals surface area contributed by atoms with Gasteiger partial charge in [0.25, 0.3) is 0 Å². The van der Waals surface area contributed by atoms with Crippen molar-refractivity contribution in [3.8, 4) is 17.2 Å². The van der Waals surface area contributed by atoms with Crippen LogP contribution in [0.15, 0.2) is 108 Å². The van der Waals surface area contributed by atoms with Gasteiger partial charge in [-0.15, -0.1) is 0 Å². The Kier molecular flexibility index (Phi) is 3.65. The molecule has 2 nitrogen and oxygen atoms in total. The summed E-state index contributed by atoms with van der Waals surface area (Å²) < 4.78 is 6.39. The molecule has 7 rings (SSSR count). The number of hydrogen-bond donors (Lipinski definition) is 0. The van der Waals surface area contributed by atoms with Crippen molar-refractivity contribution >= 4 is 54.3 Å². The first-order valence-electron chi connectivity index (χ1n) is 11.0. The van der Waals surface area contributed by atoms with Crippen molar-refractivity contribution in [2.45, 2.75) is 0 Å². The summed E-state index contributed by atoms with van der Waals surface area (Å²) in [6, 6.07) is 38.1. The molecule has 0 spiro atoms. The molecule has 33 heavy (non-hydrogen) atoms. The Bertz CT molecular complexity index is 1930. The molecule has 152 valence electrons. The molecule has 0 radical (unpaired) electrons. The summed E-state index contributed by atoms with van der Waals surface area (Å²) in [5.74, 6) is 0. The Morgan fingerprint density at radius 2 is 1.15 bits per heavy atom. The van der Waals surface area contributed by atoms with Crippen LogP contribution < -0.4 is 0 Å². The summed E-state index contributed by atoms with van der Waals surface area (Å²) in [5.41, 5.74) is 4.21. The molecule has 0 fully saturated rings. The zero-order chi connectivity index (χ0) is 21.9. The van der Waals surface area contributed by atoms with E-state index in [2.05, 4.69) is 91.0 Å². The summed E-state index contributed by atoms with van der Waals surface area (Å²) in [5, 5.41) is 19.0. The molecular weight excluding hydrogens is 402 g/mol. The molecule has 0 aliphatic rings. The van der Waals surface area contributed by atoms with Crippen molar-refractivity contribution in [3.05, 3.63) is 109 Å². The largest absolute Gasteiger partial charge is 0.454 e. The maximum atomic E-state index is 9.60. The second kappa shape index (κ2) is 6.69. The first-order chi connectivity index (χ1) is 16.3. The average molecular weight is 419 g/mol. The minimum atomic E-state index is 0.559. The summed E-state index contributed by atoms with van der Waals surface area (Å²) in [6.07, 6.45) is 0. The van der Waals surface area contributed by atoms with Gasteiger partial charge in [-0.1, -0.05) is 91.0 Å². The van der Waals surface area contributed by atoms with Gasteiger partial charge in [0, 0.05) is 16.3 Å². The zero-order valence-corrected chi connectivity index (χ0v) is 17.7. The van der Waals surface area contributed by atoms with E-state index in [4.69, 9.17) is 4.42 Å². The van der Waals surface area contributed by atoms with Crippen molar-refractivity contribution in [1.82, 2.24) is 0 Å². The second-order valence-corrected chi connectivity index (χ2v) is 8.43. The lowest BCUT2D eigenvalue weighted by Gasteiger charge is -2.13. The smallest absolute Gasteiger partial charge is 0.153 e. The van der Waals surface area contributed by atoms with Crippen molar-refractivity contribution in [1.29, 1.82) is 5.26 Å². The van der Waals surface area contributed by atoms with Crippen LogP contribution in [-0.2, 0) is 0 Å². The van der Waals surface area contributed by atoms with Gasteiger partial charge in [0.1, 0.15) is 11.7 Å². The first kappa shape index (κ1) is 18.0. The highest BCUT2D eigenvalue weighted by Gasteiger charge is 2.17. The highest BCUT2D eigenvalue weighted by atomic mass is 16.3. The van der Waals surface area contributed by atoms with E-state index in [0.717, 1.165) is 27.5 Å². The Balaban J connectivity index is 1.67. The standard InChI is InChI=1S/C31H17NO/c32-18-20-8-5-12-25-26-13-6-14-27(31(26)33-30(20)25)29-17-28-21-9-2-1-7-19(21)15-16-24(28)22-10-3-4-11-23(22)29/h1-17H. The van der Waals surface area contributed by atoms with Crippen LogP contribution in [0.4, 0.5) is 0 Å². The molecule has 0 N–H and O–H groups in total. The number of nitrogens with zero attached hydrogens (tertiary/aromatic N) is 1. The molecule has 0 unspecified atom stereocenters. The molecule has 0 saturated heterocycles. The lowest BCUT2D eigenvalue weighted by Crippen LogP contribution is -1.86. The number of rotatable bonds is 1. The van der Waals surface area contributed by atoms with E-state index in [1.54, 1.807) is 0 Å². The highest BCUT2D eigenvalue weighted by molar-refractivity contribution is 6.22. The first-order valence-corrected chi connectivity index (χ1v) is 11.0. The van der Waals surface area contributed by atoms with E-state index >= 15 is 0 Å². The fraction of sp³-hybridized carbons (Fsp3) is 0. The van der Waals surface area contributed by atoms with Crippen LogP contribution >= 0.6 is 0 Å². The average Bonchev–Trinajstić information content (AvgIpc) is 3.27. The van der Waals surface area contributed by atoms with E-state index in [-0.39, 0.29) is 0 Å². The van der Waals surface area contributed by atoms with E-state index in [1.807, 2.05) is 18.2 Å². The summed E-state index contributed by atoms with van der Waals surface area (Å²) in [6.45, 7) is 0. The van der Waals surface area contributed by atoms with E-state index in [1.165, 1.54) is 32.3 Å². The molecular formula is C31H17NO. The Labute approximate surface area is 189 Å². The van der Waals surface area contributed by atoms with Crippen LogP contribution in [0.3, 0.4) is 0 Å². The topological polar surface area (TPSA) is 36.9 Å². The molecule has 0 aliphatic heterocycles. The third kappa shape index (κ3) is 2.48. The van der Waals surface area contributed by atoms with Gasteiger partial charge in [0.15, 0.2) is 5.58 Å². The maximum absolute atomic E-state index is 9.60. The minimum absolute atomic E-state index is 0.559. The number of para-hydroxylation sites is 2. The lowest BCUT2D eigenvalue weighted by atomic mass is 9.90. The highest BCUT2D eigenvalue weighted by Crippen LogP contribution is 2.42. The van der Waals surface area contributed by atoms with Crippen LogP contribution in [0.5, 0.6) is 0 Å². The van der Waals surface area contributed by atoms with E-state index in [9.17, 15) is 5.26 Å². The Morgan fingerprint density at radius 1 is 0.485 bits per heavy atom. The van der Waals surface area contributed by atoms with Crippen LogP contribution in [0.1, 0.15) is 5.56 Å². The van der Waals surface area contributed by atoms with E-state index in [0.29, 0.717) is 11.1 Å². The number of fused-ring (bicyclic) bond motifs is 8. The molecule has 0 amide bonds. The van der Waals surface area contributed by atoms with Crippen molar-refractivity contribution in [3.63, 3.8) is 0 Å². The number of benzene rings is 6. The van der Waals surface area contributed by atoms with Crippen LogP contribution in [0.25, 0.3) is 65.4 Å². The fourth-order valence-electron chi connectivity index (χ4n) is 5.20. The molecule has 2 heteroatoms.